The van der Waals surface area contributed by atoms with Gasteiger partial charge in [0.1, 0.15) is 5.69 Å². The number of carbonyl (C=O) groups is 1. The number of amides is 1. The Hall–Kier alpha value is -1.36. The average molecular weight is 251 g/mol. The zero-order chi connectivity index (χ0) is 13.0. The van der Waals surface area contributed by atoms with Gasteiger partial charge in [0.05, 0.1) is 11.9 Å². The van der Waals surface area contributed by atoms with Gasteiger partial charge in [-0.05, 0) is 12.8 Å². The maximum Gasteiger partial charge on any atom is 0.271 e. The Kier molecular flexibility index (Phi) is 4.01. The lowest BCUT2D eigenvalue weighted by Gasteiger charge is -2.26. The molecule has 0 spiro atoms. The number of nitrogens with one attached hydrogen (secondary N) is 1. The molecule has 0 aromatic carbocycles. The number of hydrogen-bond donors (Lipinski definition) is 2. The van der Waals surface area contributed by atoms with Gasteiger partial charge in [-0.15, -0.1) is 0 Å². The molecule has 5 heteroatoms. The third-order valence-electron chi connectivity index (χ3n) is 3.55. The van der Waals surface area contributed by atoms with Gasteiger partial charge in [-0.3, -0.25) is 4.79 Å². The number of rotatable bonds is 3. The fourth-order valence-corrected chi connectivity index (χ4v) is 2.43. The zero-order valence-corrected chi connectivity index (χ0v) is 10.9. The van der Waals surface area contributed by atoms with Crippen LogP contribution in [0, 0.1) is 0 Å². The number of nitrogens with zero attached hydrogens (tertiary/aromatic N) is 2. The molecule has 1 aromatic rings. The molecule has 1 aromatic heterocycles. The van der Waals surface area contributed by atoms with Gasteiger partial charge in [-0.25, -0.2) is 4.98 Å². The second-order valence-electron chi connectivity index (χ2n) is 5.25. The molecule has 1 fully saturated rings. The Labute approximate surface area is 107 Å². The van der Waals surface area contributed by atoms with E-state index in [1.165, 1.54) is 12.8 Å². The van der Waals surface area contributed by atoms with E-state index >= 15 is 0 Å². The highest BCUT2D eigenvalue weighted by Crippen LogP contribution is 2.26. The predicted molar refractivity (Wildman–Crippen MR) is 68.2 cm³/mol. The summed E-state index contributed by atoms with van der Waals surface area (Å²) < 4.78 is 1.73. The third-order valence-corrected chi connectivity index (χ3v) is 3.55. The quantitative estimate of drug-likeness (QED) is 0.794. The molecule has 0 aliphatic heterocycles. The van der Waals surface area contributed by atoms with Crippen LogP contribution in [0.5, 0.6) is 0 Å². The predicted octanol–water partition coefficient (Wildman–Crippen LogP) is 1.24. The van der Waals surface area contributed by atoms with Crippen LogP contribution in [-0.2, 0) is 7.05 Å². The molecular formula is C13H21N3O2. The fraction of sp³-hybridized carbons (Fsp3) is 0.692. The molecule has 5 nitrogen and oxygen atoms in total. The van der Waals surface area contributed by atoms with Gasteiger partial charge in [0.15, 0.2) is 0 Å². The van der Waals surface area contributed by atoms with Crippen molar-refractivity contribution in [1.29, 1.82) is 0 Å². The van der Waals surface area contributed by atoms with E-state index in [-0.39, 0.29) is 5.91 Å². The second kappa shape index (κ2) is 5.52. The molecule has 1 saturated carbocycles. The number of aliphatic hydroxyl groups is 1. The largest absolute Gasteiger partial charge is 0.388 e. The Bertz CT molecular complexity index is 406. The van der Waals surface area contributed by atoms with Crippen LogP contribution in [0.4, 0.5) is 0 Å². The summed E-state index contributed by atoms with van der Waals surface area (Å²) in [6, 6.07) is 0. The van der Waals surface area contributed by atoms with E-state index in [1.54, 1.807) is 17.1 Å². The van der Waals surface area contributed by atoms with Gasteiger partial charge >= 0.3 is 0 Å². The molecule has 100 valence electrons. The Morgan fingerprint density at radius 1 is 1.44 bits per heavy atom. The monoisotopic (exact) mass is 251 g/mol. The molecule has 0 atom stereocenters. The Balaban J connectivity index is 1.88. The molecule has 0 unspecified atom stereocenters. The summed E-state index contributed by atoms with van der Waals surface area (Å²) in [4.78, 5) is 15.8. The van der Waals surface area contributed by atoms with E-state index < -0.39 is 5.60 Å². The molecule has 2 rings (SSSR count). The van der Waals surface area contributed by atoms with Crippen LogP contribution >= 0.6 is 0 Å². The van der Waals surface area contributed by atoms with Gasteiger partial charge in [-0.2, -0.15) is 0 Å². The van der Waals surface area contributed by atoms with Gasteiger partial charge in [-0.1, -0.05) is 25.7 Å². The molecule has 0 radical (unpaired) electrons. The highest BCUT2D eigenvalue weighted by atomic mass is 16.3. The van der Waals surface area contributed by atoms with Crippen LogP contribution in [0.1, 0.15) is 49.0 Å². The van der Waals surface area contributed by atoms with Crippen molar-refractivity contribution in [3.05, 3.63) is 18.2 Å². The number of carbonyl (C=O) groups excluding carboxylic acids is 1. The molecule has 0 saturated heterocycles. The molecule has 1 heterocycles. The lowest BCUT2D eigenvalue weighted by molar-refractivity contribution is 0.0246. The van der Waals surface area contributed by atoms with E-state index in [4.69, 9.17) is 0 Å². The standard InChI is InChI=1S/C13H21N3O2/c1-16-8-11(15-10-16)12(17)14-9-13(18)6-4-2-3-5-7-13/h8,10,18H,2-7,9H2,1H3,(H,14,17). The first-order chi connectivity index (χ1) is 8.59. The maximum absolute atomic E-state index is 11.8. The summed E-state index contributed by atoms with van der Waals surface area (Å²) in [5, 5.41) is 13.2. The summed E-state index contributed by atoms with van der Waals surface area (Å²) in [7, 11) is 1.82. The van der Waals surface area contributed by atoms with Crippen molar-refractivity contribution < 1.29 is 9.90 Å². The Morgan fingerprint density at radius 2 is 2.11 bits per heavy atom. The number of aryl methyl sites for hydroxylation is 1. The van der Waals surface area contributed by atoms with Crippen LogP contribution in [0.3, 0.4) is 0 Å². The van der Waals surface area contributed by atoms with Crippen LogP contribution in [0.2, 0.25) is 0 Å². The summed E-state index contributed by atoms with van der Waals surface area (Å²) in [5.41, 5.74) is -0.337. The van der Waals surface area contributed by atoms with Crippen LogP contribution < -0.4 is 5.32 Å². The first-order valence-electron chi connectivity index (χ1n) is 6.58. The van der Waals surface area contributed by atoms with Crippen LogP contribution in [-0.4, -0.2) is 32.7 Å². The number of hydrogen-bond acceptors (Lipinski definition) is 3. The highest BCUT2D eigenvalue weighted by Gasteiger charge is 2.28. The van der Waals surface area contributed by atoms with Gasteiger partial charge in [0, 0.05) is 19.8 Å². The van der Waals surface area contributed by atoms with E-state index in [9.17, 15) is 9.90 Å². The normalized spacial score (nSPS) is 19.2. The number of aromatic nitrogens is 2. The van der Waals surface area contributed by atoms with E-state index in [1.807, 2.05) is 7.05 Å². The summed E-state index contributed by atoms with van der Waals surface area (Å²) in [6.07, 6.45) is 9.24. The lowest BCUT2D eigenvalue weighted by atomic mass is 9.94. The maximum atomic E-state index is 11.8. The summed E-state index contributed by atoms with van der Waals surface area (Å²) >= 11 is 0. The van der Waals surface area contributed by atoms with Crippen LogP contribution in [0.25, 0.3) is 0 Å². The molecular weight excluding hydrogens is 230 g/mol. The molecule has 2 N–H and O–H groups in total. The van der Waals surface area contributed by atoms with Gasteiger partial charge in [0.2, 0.25) is 0 Å². The lowest BCUT2D eigenvalue weighted by Crippen LogP contribution is -2.42. The number of imidazole rings is 1. The molecule has 1 amide bonds. The van der Waals surface area contributed by atoms with Gasteiger partial charge in [0.25, 0.3) is 5.91 Å². The minimum Gasteiger partial charge on any atom is -0.388 e. The molecule has 18 heavy (non-hydrogen) atoms. The van der Waals surface area contributed by atoms with Crippen molar-refractivity contribution in [2.75, 3.05) is 6.54 Å². The van der Waals surface area contributed by atoms with E-state index in [2.05, 4.69) is 10.3 Å². The summed E-state index contributed by atoms with van der Waals surface area (Å²) in [5.74, 6) is -0.215. The van der Waals surface area contributed by atoms with Crippen molar-refractivity contribution in [3.63, 3.8) is 0 Å². The van der Waals surface area contributed by atoms with Crippen molar-refractivity contribution in [2.24, 2.45) is 7.05 Å². The van der Waals surface area contributed by atoms with Crippen molar-refractivity contribution in [3.8, 4) is 0 Å². The minimum atomic E-state index is -0.735. The highest BCUT2D eigenvalue weighted by molar-refractivity contribution is 5.92. The average Bonchev–Trinajstić information content (AvgIpc) is 2.66. The first kappa shape index (κ1) is 13.1. The SMILES string of the molecule is Cn1cnc(C(=O)NCC2(O)CCCCCC2)c1. The first-order valence-corrected chi connectivity index (χ1v) is 6.58. The Morgan fingerprint density at radius 3 is 2.67 bits per heavy atom. The topological polar surface area (TPSA) is 67.2 Å². The third kappa shape index (κ3) is 3.32. The minimum absolute atomic E-state index is 0.215. The van der Waals surface area contributed by atoms with Crippen molar-refractivity contribution in [2.45, 2.75) is 44.1 Å². The molecule has 1 aliphatic rings. The van der Waals surface area contributed by atoms with Gasteiger partial charge < -0.3 is 15.0 Å². The van der Waals surface area contributed by atoms with E-state index in [0.717, 1.165) is 25.7 Å². The zero-order valence-electron chi connectivity index (χ0n) is 10.9. The van der Waals surface area contributed by atoms with Crippen LogP contribution in [0.15, 0.2) is 12.5 Å². The second-order valence-corrected chi connectivity index (χ2v) is 5.25. The van der Waals surface area contributed by atoms with Crippen molar-refractivity contribution >= 4 is 5.91 Å². The smallest absolute Gasteiger partial charge is 0.271 e. The van der Waals surface area contributed by atoms with Crippen molar-refractivity contribution in [1.82, 2.24) is 14.9 Å². The molecule has 0 bridgehead atoms. The van der Waals surface area contributed by atoms with E-state index in [0.29, 0.717) is 12.2 Å². The fourth-order valence-electron chi connectivity index (χ4n) is 2.43. The summed E-state index contributed by atoms with van der Waals surface area (Å²) in [6.45, 7) is 0.322. The molecule has 1 aliphatic carbocycles.